The van der Waals surface area contributed by atoms with Crippen LogP contribution in [0.4, 0.5) is 0 Å². The van der Waals surface area contributed by atoms with E-state index in [1.54, 1.807) is 44.4 Å². The van der Waals surface area contributed by atoms with E-state index >= 15 is 0 Å². The molecule has 0 saturated carbocycles. The van der Waals surface area contributed by atoms with Crippen LogP contribution in [-0.4, -0.2) is 22.7 Å². The van der Waals surface area contributed by atoms with Gasteiger partial charge in [0.25, 0.3) is 0 Å². The molecule has 1 aromatic carbocycles. The quantitative estimate of drug-likeness (QED) is 0.680. The number of aliphatic hydroxyl groups excluding tert-OH is 1. The summed E-state index contributed by atoms with van der Waals surface area (Å²) in [6.07, 6.45) is 4.32. The first-order valence-corrected chi connectivity index (χ1v) is 7.15. The van der Waals surface area contributed by atoms with E-state index in [-0.39, 0.29) is 5.97 Å². The summed E-state index contributed by atoms with van der Waals surface area (Å²) in [5.41, 5.74) is 2.91. The lowest BCUT2D eigenvalue weighted by Gasteiger charge is -2.12. The molecule has 2 rings (SSSR count). The molecule has 0 radical (unpaired) electrons. The van der Waals surface area contributed by atoms with Gasteiger partial charge in [-0.15, -0.1) is 0 Å². The smallest absolute Gasteiger partial charge is 0.333 e. The van der Waals surface area contributed by atoms with Gasteiger partial charge in [0.1, 0.15) is 6.10 Å². The minimum Gasteiger partial charge on any atom is -0.463 e. The maximum atomic E-state index is 11.6. The SMILES string of the molecule is CCOC(=O)/C(C)=C/c1cccc(C(O)c2ccncc2)c1. The van der Waals surface area contributed by atoms with Gasteiger partial charge in [-0.1, -0.05) is 18.2 Å². The van der Waals surface area contributed by atoms with Crippen LogP contribution < -0.4 is 0 Å². The number of nitrogens with zero attached hydrogens (tertiary/aromatic N) is 1. The van der Waals surface area contributed by atoms with Crippen LogP contribution in [0.3, 0.4) is 0 Å². The second kappa shape index (κ2) is 7.52. The van der Waals surface area contributed by atoms with Crippen molar-refractivity contribution < 1.29 is 14.6 Å². The number of ether oxygens (including phenoxy) is 1. The second-order valence-corrected chi connectivity index (χ2v) is 4.90. The molecule has 0 saturated heterocycles. The Morgan fingerprint density at radius 3 is 2.68 bits per heavy atom. The molecule has 1 heterocycles. The number of pyridine rings is 1. The summed E-state index contributed by atoms with van der Waals surface area (Å²) in [5, 5.41) is 10.4. The highest BCUT2D eigenvalue weighted by molar-refractivity contribution is 5.93. The molecule has 1 aromatic heterocycles. The van der Waals surface area contributed by atoms with Crippen molar-refractivity contribution in [1.29, 1.82) is 0 Å². The van der Waals surface area contributed by atoms with E-state index in [0.29, 0.717) is 12.2 Å². The zero-order chi connectivity index (χ0) is 15.9. The van der Waals surface area contributed by atoms with Crippen LogP contribution in [0.15, 0.2) is 54.4 Å². The number of carbonyl (C=O) groups is 1. The predicted octanol–water partition coefficient (Wildman–Crippen LogP) is 3.13. The average Bonchev–Trinajstić information content (AvgIpc) is 2.55. The lowest BCUT2D eigenvalue weighted by molar-refractivity contribution is -0.138. The lowest BCUT2D eigenvalue weighted by atomic mass is 10.00. The summed E-state index contributed by atoms with van der Waals surface area (Å²) < 4.78 is 4.96. The summed E-state index contributed by atoms with van der Waals surface area (Å²) >= 11 is 0. The Morgan fingerprint density at radius 2 is 2.00 bits per heavy atom. The first kappa shape index (κ1) is 15.9. The number of hydrogen-bond acceptors (Lipinski definition) is 4. The van der Waals surface area contributed by atoms with E-state index in [1.165, 1.54) is 0 Å². The molecule has 22 heavy (non-hydrogen) atoms. The van der Waals surface area contributed by atoms with Gasteiger partial charge < -0.3 is 9.84 Å². The first-order valence-electron chi connectivity index (χ1n) is 7.15. The fourth-order valence-electron chi connectivity index (χ4n) is 2.11. The van der Waals surface area contributed by atoms with Crippen LogP contribution in [0.1, 0.15) is 36.6 Å². The van der Waals surface area contributed by atoms with Crippen LogP contribution >= 0.6 is 0 Å². The maximum Gasteiger partial charge on any atom is 0.333 e. The first-order chi connectivity index (χ1) is 10.6. The molecule has 0 aliphatic rings. The predicted molar refractivity (Wildman–Crippen MR) is 85.0 cm³/mol. The third kappa shape index (κ3) is 4.02. The fourth-order valence-corrected chi connectivity index (χ4v) is 2.11. The van der Waals surface area contributed by atoms with Gasteiger partial charge in [-0.05, 0) is 54.8 Å². The second-order valence-electron chi connectivity index (χ2n) is 4.90. The summed E-state index contributed by atoms with van der Waals surface area (Å²) in [7, 11) is 0. The zero-order valence-corrected chi connectivity index (χ0v) is 12.7. The average molecular weight is 297 g/mol. The van der Waals surface area contributed by atoms with Crippen LogP contribution in [0, 0.1) is 0 Å². The molecular formula is C18H19NO3. The number of carbonyl (C=O) groups excluding carboxylic acids is 1. The van der Waals surface area contributed by atoms with Crippen molar-refractivity contribution in [3.05, 3.63) is 71.1 Å². The molecule has 0 aliphatic carbocycles. The van der Waals surface area contributed by atoms with E-state index < -0.39 is 6.10 Å². The van der Waals surface area contributed by atoms with Crippen LogP contribution in [0.5, 0.6) is 0 Å². The van der Waals surface area contributed by atoms with Gasteiger partial charge in [0.2, 0.25) is 0 Å². The minimum atomic E-state index is -0.723. The normalized spacial score (nSPS) is 12.8. The minimum absolute atomic E-state index is 0.331. The summed E-state index contributed by atoms with van der Waals surface area (Å²) in [6.45, 7) is 3.84. The molecule has 0 bridgehead atoms. The Hall–Kier alpha value is -2.46. The molecule has 0 amide bonds. The highest BCUT2D eigenvalue weighted by atomic mass is 16.5. The third-order valence-corrected chi connectivity index (χ3v) is 3.23. The van der Waals surface area contributed by atoms with Crippen molar-refractivity contribution >= 4 is 12.0 Å². The summed E-state index contributed by atoms with van der Waals surface area (Å²) in [6, 6.07) is 11.0. The maximum absolute atomic E-state index is 11.6. The van der Waals surface area contributed by atoms with Gasteiger partial charge >= 0.3 is 5.97 Å². The molecule has 4 nitrogen and oxygen atoms in total. The molecule has 4 heteroatoms. The molecular weight excluding hydrogens is 278 g/mol. The number of esters is 1. The Balaban J connectivity index is 2.23. The Labute approximate surface area is 130 Å². The number of benzene rings is 1. The van der Waals surface area contributed by atoms with E-state index in [4.69, 9.17) is 4.74 Å². The van der Waals surface area contributed by atoms with E-state index in [1.807, 2.05) is 24.3 Å². The number of aliphatic hydroxyl groups is 1. The molecule has 1 atom stereocenters. The van der Waals surface area contributed by atoms with Crippen molar-refractivity contribution in [2.45, 2.75) is 20.0 Å². The van der Waals surface area contributed by atoms with Crippen molar-refractivity contribution in [1.82, 2.24) is 4.98 Å². The monoisotopic (exact) mass is 297 g/mol. The zero-order valence-electron chi connectivity index (χ0n) is 12.7. The van der Waals surface area contributed by atoms with Gasteiger partial charge in [0, 0.05) is 18.0 Å². The van der Waals surface area contributed by atoms with E-state index in [2.05, 4.69) is 4.98 Å². The van der Waals surface area contributed by atoms with Crippen molar-refractivity contribution in [3.8, 4) is 0 Å². The Bertz CT molecular complexity index is 665. The van der Waals surface area contributed by atoms with E-state index in [0.717, 1.165) is 16.7 Å². The third-order valence-electron chi connectivity index (χ3n) is 3.23. The number of rotatable bonds is 5. The van der Waals surface area contributed by atoms with Crippen molar-refractivity contribution in [3.63, 3.8) is 0 Å². The van der Waals surface area contributed by atoms with Crippen LogP contribution in [0.2, 0.25) is 0 Å². The summed E-state index contributed by atoms with van der Waals surface area (Å²) in [5.74, 6) is -0.331. The number of aromatic nitrogens is 1. The Kier molecular flexibility index (Phi) is 5.44. The van der Waals surface area contributed by atoms with Gasteiger partial charge in [-0.2, -0.15) is 0 Å². The largest absolute Gasteiger partial charge is 0.463 e. The molecule has 2 aromatic rings. The Morgan fingerprint density at radius 1 is 1.27 bits per heavy atom. The standard InChI is InChI=1S/C18H19NO3/c1-3-22-18(21)13(2)11-14-5-4-6-16(12-14)17(20)15-7-9-19-10-8-15/h4-12,17,20H,3H2,1-2H3/b13-11+. The van der Waals surface area contributed by atoms with Gasteiger partial charge in [0.05, 0.1) is 6.61 Å². The van der Waals surface area contributed by atoms with Gasteiger partial charge in [-0.3, -0.25) is 4.98 Å². The van der Waals surface area contributed by atoms with Gasteiger partial charge in [0.15, 0.2) is 0 Å². The number of hydrogen-bond donors (Lipinski definition) is 1. The highest BCUT2D eigenvalue weighted by Gasteiger charge is 2.11. The molecule has 0 fully saturated rings. The summed E-state index contributed by atoms with van der Waals surface area (Å²) in [4.78, 5) is 15.6. The lowest BCUT2D eigenvalue weighted by Crippen LogP contribution is -2.05. The topological polar surface area (TPSA) is 59.4 Å². The molecule has 1 unspecified atom stereocenters. The fraction of sp³-hybridized carbons (Fsp3) is 0.222. The van der Waals surface area contributed by atoms with Crippen molar-refractivity contribution in [2.24, 2.45) is 0 Å². The molecule has 1 N–H and O–H groups in total. The highest BCUT2D eigenvalue weighted by Crippen LogP contribution is 2.22. The molecule has 114 valence electrons. The van der Waals surface area contributed by atoms with Gasteiger partial charge in [-0.25, -0.2) is 4.79 Å². The van der Waals surface area contributed by atoms with E-state index in [9.17, 15) is 9.90 Å². The molecule has 0 aliphatic heterocycles. The van der Waals surface area contributed by atoms with Crippen LogP contribution in [0.25, 0.3) is 6.08 Å². The van der Waals surface area contributed by atoms with Crippen molar-refractivity contribution in [2.75, 3.05) is 6.61 Å². The van der Waals surface area contributed by atoms with Crippen LogP contribution in [-0.2, 0) is 9.53 Å². The molecule has 0 spiro atoms.